The summed E-state index contributed by atoms with van der Waals surface area (Å²) in [4.78, 5) is 29.1. The summed E-state index contributed by atoms with van der Waals surface area (Å²) >= 11 is 0. The number of halogens is 3. The van der Waals surface area contributed by atoms with Crippen molar-refractivity contribution in [3.8, 4) is 23.1 Å². The quantitative estimate of drug-likeness (QED) is 0.464. The molecule has 2 fully saturated rings. The molecule has 1 aromatic carbocycles. The molecule has 9 nitrogen and oxygen atoms in total. The third kappa shape index (κ3) is 5.54. The van der Waals surface area contributed by atoms with Gasteiger partial charge < -0.3 is 14.2 Å². The highest BCUT2D eigenvalue weighted by Gasteiger charge is 2.36. The SMILES string of the molecule is [2H]CN1CCC[C@H]1C(=O)N1CCC(CCOc2ccc(-c3nc(C#N)nc4c3ncn4C)cc2C(F)(F)F)CC1. The van der Waals surface area contributed by atoms with Crippen LogP contribution in [0.4, 0.5) is 13.2 Å². The van der Waals surface area contributed by atoms with Crippen molar-refractivity contribution < 1.29 is 24.1 Å². The van der Waals surface area contributed by atoms with Crippen LogP contribution in [0.3, 0.4) is 0 Å². The summed E-state index contributed by atoms with van der Waals surface area (Å²) in [5.41, 5.74) is 0.0187. The molecule has 4 heterocycles. The van der Waals surface area contributed by atoms with E-state index in [0.29, 0.717) is 30.7 Å². The Hall–Kier alpha value is -3.72. The van der Waals surface area contributed by atoms with Crippen LogP contribution >= 0.6 is 0 Å². The van der Waals surface area contributed by atoms with Crippen molar-refractivity contribution in [3.05, 3.63) is 35.9 Å². The Morgan fingerprint density at radius 3 is 2.74 bits per heavy atom. The first-order chi connectivity index (χ1) is 19.2. The van der Waals surface area contributed by atoms with Crippen LogP contribution < -0.4 is 4.74 Å². The predicted octanol–water partition coefficient (Wildman–Crippen LogP) is 4.02. The smallest absolute Gasteiger partial charge is 0.419 e. The number of carbonyl (C=O) groups is 1. The average Bonchev–Trinajstić information content (AvgIpc) is 3.59. The zero-order chi connectivity index (χ0) is 28.4. The van der Waals surface area contributed by atoms with Gasteiger partial charge in [-0.15, -0.1) is 0 Å². The molecule has 0 spiro atoms. The number of carbonyl (C=O) groups excluding carboxylic acids is 1. The van der Waals surface area contributed by atoms with E-state index in [0.717, 1.165) is 38.3 Å². The van der Waals surface area contributed by atoms with Gasteiger partial charge in [0.1, 0.15) is 23.0 Å². The summed E-state index contributed by atoms with van der Waals surface area (Å²) < 4.78 is 57.0. The third-order valence-corrected chi connectivity index (χ3v) is 7.58. The average molecular weight is 543 g/mol. The summed E-state index contributed by atoms with van der Waals surface area (Å²) in [7, 11) is 1.80. The molecule has 0 bridgehead atoms. The lowest BCUT2D eigenvalue weighted by Gasteiger charge is -2.34. The number of fused-ring (bicyclic) bond motifs is 1. The normalized spacial score (nSPS) is 19.3. The van der Waals surface area contributed by atoms with Gasteiger partial charge >= 0.3 is 6.18 Å². The Labute approximate surface area is 225 Å². The molecule has 0 N–H and O–H groups in total. The van der Waals surface area contributed by atoms with Crippen molar-refractivity contribution in [2.24, 2.45) is 13.0 Å². The number of piperidine rings is 1. The molecule has 0 radical (unpaired) electrons. The monoisotopic (exact) mass is 542 g/mol. The highest BCUT2D eigenvalue weighted by molar-refractivity contribution is 5.88. The van der Waals surface area contributed by atoms with Gasteiger partial charge in [0.15, 0.2) is 5.65 Å². The first kappa shape index (κ1) is 25.6. The number of amides is 1. The molecule has 206 valence electrons. The minimum Gasteiger partial charge on any atom is -0.493 e. The molecule has 2 aliphatic rings. The van der Waals surface area contributed by atoms with E-state index in [1.165, 1.54) is 18.5 Å². The molecular weight excluding hydrogens is 511 g/mol. The molecular formula is C27H30F3N7O2. The second kappa shape index (κ2) is 10.8. The van der Waals surface area contributed by atoms with E-state index in [-0.39, 0.29) is 54.3 Å². The zero-order valence-corrected chi connectivity index (χ0v) is 21.6. The van der Waals surface area contributed by atoms with Crippen molar-refractivity contribution in [3.63, 3.8) is 0 Å². The number of benzene rings is 1. The predicted molar refractivity (Wildman–Crippen MR) is 137 cm³/mol. The molecule has 2 aromatic heterocycles. The standard InChI is InChI=1S/C27H30F3N7O2/c1-35-10-3-4-20(35)26(38)37-11-7-17(8-12-37)9-13-39-21-6-5-18(14-19(21)27(28,29)30)23-24-25(36(2)16-32-24)34-22(15-31)33-23/h5-6,14,16-17,20H,3-4,7-13H2,1-2H3/t20-/m0/s1/i1D. The van der Waals surface area contributed by atoms with E-state index in [2.05, 4.69) is 15.0 Å². The summed E-state index contributed by atoms with van der Waals surface area (Å²) in [6.45, 7) is 2.12. The largest absolute Gasteiger partial charge is 0.493 e. The Kier molecular flexibility index (Phi) is 7.08. The van der Waals surface area contributed by atoms with E-state index < -0.39 is 11.7 Å². The minimum atomic E-state index is -4.67. The number of rotatable bonds is 6. The number of nitrogens with zero attached hydrogens (tertiary/aromatic N) is 7. The Balaban J connectivity index is 1.24. The van der Waals surface area contributed by atoms with Gasteiger partial charge in [0.2, 0.25) is 11.7 Å². The molecule has 3 aromatic rings. The number of aryl methyl sites for hydroxylation is 1. The van der Waals surface area contributed by atoms with E-state index in [1.807, 2.05) is 15.9 Å². The molecule has 0 saturated carbocycles. The second-order valence-electron chi connectivity index (χ2n) is 10.1. The molecule has 0 unspecified atom stereocenters. The third-order valence-electron chi connectivity index (χ3n) is 7.58. The summed E-state index contributed by atoms with van der Waals surface area (Å²) in [6.07, 6.45) is 0.625. The maximum Gasteiger partial charge on any atom is 0.419 e. The number of likely N-dealkylation sites (tertiary alicyclic amines) is 2. The number of imidazole rings is 1. The van der Waals surface area contributed by atoms with Gasteiger partial charge in [-0.05, 0) is 69.8 Å². The van der Waals surface area contributed by atoms with E-state index >= 15 is 0 Å². The number of hydrogen-bond donors (Lipinski definition) is 0. The minimum absolute atomic E-state index is 0.0860. The van der Waals surface area contributed by atoms with Crippen LogP contribution in [-0.4, -0.2) is 74.5 Å². The Bertz CT molecular complexity index is 1430. The van der Waals surface area contributed by atoms with Gasteiger partial charge in [-0.25, -0.2) is 9.97 Å². The van der Waals surface area contributed by atoms with Crippen LogP contribution in [0.1, 0.15) is 44.9 Å². The first-order valence-electron chi connectivity index (χ1n) is 13.7. The van der Waals surface area contributed by atoms with E-state index in [4.69, 9.17) is 6.11 Å². The van der Waals surface area contributed by atoms with Gasteiger partial charge in [-0.3, -0.25) is 9.69 Å². The molecule has 0 aliphatic carbocycles. The van der Waals surface area contributed by atoms with Gasteiger partial charge in [-0.1, -0.05) is 0 Å². The lowest BCUT2D eigenvalue weighted by Crippen LogP contribution is -2.47. The van der Waals surface area contributed by atoms with Crippen LogP contribution in [0.15, 0.2) is 24.5 Å². The second-order valence-corrected chi connectivity index (χ2v) is 10.1. The van der Waals surface area contributed by atoms with Crippen LogP contribution in [0, 0.1) is 17.2 Å². The van der Waals surface area contributed by atoms with Crippen molar-refractivity contribution in [1.82, 2.24) is 29.3 Å². The highest BCUT2D eigenvalue weighted by Crippen LogP contribution is 2.39. The summed E-state index contributed by atoms with van der Waals surface area (Å²) in [5.74, 6) is -0.101. The molecule has 2 saturated heterocycles. The summed E-state index contributed by atoms with van der Waals surface area (Å²) in [6, 6.07) is 5.38. The Morgan fingerprint density at radius 2 is 2.03 bits per heavy atom. The lowest BCUT2D eigenvalue weighted by molar-refractivity contribution is -0.139. The maximum absolute atomic E-state index is 14.1. The fraction of sp³-hybridized carbons (Fsp3) is 0.519. The first-order valence-corrected chi connectivity index (χ1v) is 12.9. The van der Waals surface area contributed by atoms with Crippen LogP contribution in [0.25, 0.3) is 22.4 Å². The van der Waals surface area contributed by atoms with E-state index in [1.54, 1.807) is 11.6 Å². The van der Waals surface area contributed by atoms with Crippen LogP contribution in [-0.2, 0) is 18.0 Å². The van der Waals surface area contributed by atoms with Gasteiger partial charge in [0, 0.05) is 27.1 Å². The molecule has 5 rings (SSSR count). The van der Waals surface area contributed by atoms with Crippen LogP contribution in [0.2, 0.25) is 0 Å². The molecule has 1 atom stereocenters. The summed E-state index contributed by atoms with van der Waals surface area (Å²) in [5, 5.41) is 9.31. The lowest BCUT2D eigenvalue weighted by atomic mass is 9.93. The van der Waals surface area contributed by atoms with E-state index in [9.17, 15) is 23.2 Å². The van der Waals surface area contributed by atoms with Gasteiger partial charge in [-0.2, -0.15) is 23.4 Å². The van der Waals surface area contributed by atoms with Crippen molar-refractivity contribution in [1.29, 1.82) is 5.26 Å². The fourth-order valence-corrected chi connectivity index (χ4v) is 5.38. The molecule has 1 amide bonds. The molecule has 12 heteroatoms. The number of ether oxygens (including phenoxy) is 1. The van der Waals surface area contributed by atoms with Crippen molar-refractivity contribution in [2.45, 2.75) is 44.3 Å². The number of aromatic nitrogens is 4. The van der Waals surface area contributed by atoms with Crippen molar-refractivity contribution in [2.75, 3.05) is 33.3 Å². The number of hydrogen-bond acceptors (Lipinski definition) is 7. The van der Waals surface area contributed by atoms with Crippen LogP contribution in [0.5, 0.6) is 5.75 Å². The fourth-order valence-electron chi connectivity index (χ4n) is 5.38. The number of alkyl halides is 3. The molecule has 2 aliphatic heterocycles. The van der Waals surface area contributed by atoms with Crippen molar-refractivity contribution >= 4 is 17.1 Å². The highest BCUT2D eigenvalue weighted by atomic mass is 19.4. The number of likely N-dealkylation sites (N-methyl/N-ethyl adjacent to an activating group) is 1. The van der Waals surface area contributed by atoms with Gasteiger partial charge in [0.05, 0.1) is 24.5 Å². The van der Waals surface area contributed by atoms with Gasteiger partial charge in [0.25, 0.3) is 0 Å². The topological polar surface area (TPSA) is 100 Å². The zero-order valence-electron chi connectivity index (χ0n) is 22.6. The Morgan fingerprint density at radius 1 is 1.23 bits per heavy atom. The number of nitriles is 1. The molecule has 39 heavy (non-hydrogen) atoms. The maximum atomic E-state index is 14.1.